The lowest BCUT2D eigenvalue weighted by Gasteiger charge is -2.18. The highest BCUT2D eigenvalue weighted by Gasteiger charge is 2.20. The van der Waals surface area contributed by atoms with Gasteiger partial charge in [0.25, 0.3) is 0 Å². The van der Waals surface area contributed by atoms with Crippen LogP contribution in [-0.4, -0.2) is 41.0 Å². The molecule has 2 amide bonds. The van der Waals surface area contributed by atoms with E-state index in [9.17, 15) is 9.59 Å². The van der Waals surface area contributed by atoms with Crippen LogP contribution in [0, 0.1) is 0 Å². The van der Waals surface area contributed by atoms with Crippen LogP contribution >= 0.6 is 0 Å². The Morgan fingerprint density at radius 1 is 0.966 bits per heavy atom. The highest BCUT2D eigenvalue weighted by Crippen LogP contribution is 2.29. The molecule has 0 aliphatic heterocycles. The fourth-order valence-corrected chi connectivity index (χ4v) is 2.73. The molecule has 0 spiro atoms. The minimum absolute atomic E-state index is 0.442. The molecule has 9 nitrogen and oxygen atoms in total. The lowest BCUT2D eigenvalue weighted by Crippen LogP contribution is -2.37. The largest absolute Gasteiger partial charge is 0.497 e. The summed E-state index contributed by atoms with van der Waals surface area (Å²) in [5.41, 5.74) is 1.94. The summed E-state index contributed by atoms with van der Waals surface area (Å²) in [6.07, 6.45) is 3.14. The lowest BCUT2D eigenvalue weighted by molar-refractivity contribution is -0.136. The Bertz CT molecular complexity index is 987. The number of nitrogens with one attached hydrogen (secondary N) is 2. The summed E-state index contributed by atoms with van der Waals surface area (Å²) < 4.78 is 10.5. The lowest BCUT2D eigenvalue weighted by atomic mass is 10.1. The molecule has 0 bridgehead atoms. The highest BCUT2D eigenvalue weighted by molar-refractivity contribution is 6.39. The van der Waals surface area contributed by atoms with Crippen LogP contribution in [0.15, 0.2) is 54.9 Å². The van der Waals surface area contributed by atoms with Crippen molar-refractivity contribution < 1.29 is 19.1 Å². The molecule has 150 valence electrons. The predicted molar refractivity (Wildman–Crippen MR) is 106 cm³/mol. The van der Waals surface area contributed by atoms with Gasteiger partial charge in [0.2, 0.25) is 0 Å². The molecular weight excluding hydrogens is 374 g/mol. The first kappa shape index (κ1) is 19.9. The van der Waals surface area contributed by atoms with Crippen LogP contribution in [0.25, 0.3) is 5.69 Å². The summed E-state index contributed by atoms with van der Waals surface area (Å²) in [5.74, 6) is -0.335. The summed E-state index contributed by atoms with van der Waals surface area (Å²) in [4.78, 5) is 26.0. The third-order valence-corrected chi connectivity index (χ3v) is 4.24. The van der Waals surface area contributed by atoms with Crippen molar-refractivity contribution in [3.63, 3.8) is 0 Å². The Balaban J connectivity index is 1.62. The fraction of sp³-hybridized carbons (Fsp3) is 0.200. The Morgan fingerprint density at radius 3 is 2.28 bits per heavy atom. The minimum Gasteiger partial charge on any atom is -0.497 e. The van der Waals surface area contributed by atoms with Crippen molar-refractivity contribution in [3.05, 3.63) is 60.4 Å². The molecule has 0 fully saturated rings. The van der Waals surface area contributed by atoms with Gasteiger partial charge < -0.3 is 20.1 Å². The number of benzene rings is 2. The van der Waals surface area contributed by atoms with E-state index in [1.165, 1.54) is 11.9 Å². The molecule has 0 aliphatic carbocycles. The maximum Gasteiger partial charge on any atom is 0.313 e. The van der Waals surface area contributed by atoms with Crippen LogP contribution in [0.4, 0.5) is 5.69 Å². The van der Waals surface area contributed by atoms with Gasteiger partial charge in [-0.25, -0.2) is 0 Å². The van der Waals surface area contributed by atoms with Gasteiger partial charge in [-0.3, -0.25) is 9.59 Å². The molecule has 0 radical (unpaired) electrons. The van der Waals surface area contributed by atoms with Gasteiger partial charge in [-0.1, -0.05) is 0 Å². The van der Waals surface area contributed by atoms with Crippen molar-refractivity contribution in [3.8, 4) is 17.2 Å². The van der Waals surface area contributed by atoms with Crippen LogP contribution < -0.4 is 20.1 Å². The molecule has 29 heavy (non-hydrogen) atoms. The van der Waals surface area contributed by atoms with Gasteiger partial charge in [-0.05, 0) is 43.3 Å². The molecule has 0 aliphatic rings. The maximum absolute atomic E-state index is 12.3. The summed E-state index contributed by atoms with van der Waals surface area (Å²) in [5, 5.41) is 13.3. The number of carbonyl (C=O) groups excluding carboxylic acids is 2. The quantitative estimate of drug-likeness (QED) is 0.619. The van der Waals surface area contributed by atoms with Gasteiger partial charge in [-0.2, -0.15) is 15.0 Å². The second-order valence-electron chi connectivity index (χ2n) is 6.12. The van der Waals surface area contributed by atoms with E-state index in [4.69, 9.17) is 9.47 Å². The van der Waals surface area contributed by atoms with Crippen LogP contribution in [0.1, 0.15) is 18.5 Å². The van der Waals surface area contributed by atoms with Crippen molar-refractivity contribution in [2.45, 2.75) is 13.0 Å². The van der Waals surface area contributed by atoms with Gasteiger partial charge >= 0.3 is 11.8 Å². The summed E-state index contributed by atoms with van der Waals surface area (Å²) in [6, 6.07) is 11.6. The van der Waals surface area contributed by atoms with E-state index in [2.05, 4.69) is 20.8 Å². The van der Waals surface area contributed by atoms with Gasteiger partial charge in [0.15, 0.2) is 0 Å². The second-order valence-corrected chi connectivity index (χ2v) is 6.12. The molecule has 1 unspecified atom stereocenters. The number of carbonyl (C=O) groups is 2. The molecule has 2 aromatic carbocycles. The Hall–Kier alpha value is -3.88. The smallest absolute Gasteiger partial charge is 0.313 e. The number of ether oxygens (including phenoxy) is 2. The second kappa shape index (κ2) is 8.87. The topological polar surface area (TPSA) is 107 Å². The Morgan fingerprint density at radius 2 is 1.66 bits per heavy atom. The van der Waals surface area contributed by atoms with Crippen LogP contribution in [0.5, 0.6) is 11.5 Å². The van der Waals surface area contributed by atoms with Gasteiger partial charge in [0, 0.05) is 17.3 Å². The monoisotopic (exact) mass is 395 g/mol. The SMILES string of the molecule is COc1ccc(C(C)NC(=O)C(=O)Nc2ccc(-n3nccn3)cc2)c(OC)c1. The van der Waals surface area contributed by atoms with E-state index in [-0.39, 0.29) is 0 Å². The number of amides is 2. The van der Waals surface area contributed by atoms with E-state index >= 15 is 0 Å². The fourth-order valence-electron chi connectivity index (χ4n) is 2.73. The third kappa shape index (κ3) is 4.70. The molecule has 0 saturated carbocycles. The van der Waals surface area contributed by atoms with E-state index < -0.39 is 17.9 Å². The Labute approximate surface area is 167 Å². The van der Waals surface area contributed by atoms with E-state index in [0.717, 1.165) is 11.3 Å². The first-order valence-corrected chi connectivity index (χ1v) is 8.82. The summed E-state index contributed by atoms with van der Waals surface area (Å²) in [6.45, 7) is 1.77. The van der Waals surface area contributed by atoms with Crippen LogP contribution in [0.2, 0.25) is 0 Å². The molecule has 1 atom stereocenters. The summed E-state index contributed by atoms with van der Waals surface area (Å²) >= 11 is 0. The number of hydrogen-bond acceptors (Lipinski definition) is 6. The van der Waals surface area contributed by atoms with Crippen molar-refractivity contribution in [1.29, 1.82) is 0 Å². The summed E-state index contributed by atoms with van der Waals surface area (Å²) in [7, 11) is 3.09. The number of nitrogens with zero attached hydrogens (tertiary/aromatic N) is 3. The number of anilines is 1. The van der Waals surface area contributed by atoms with E-state index in [1.54, 1.807) is 68.9 Å². The maximum atomic E-state index is 12.3. The highest BCUT2D eigenvalue weighted by atomic mass is 16.5. The number of methoxy groups -OCH3 is 2. The average molecular weight is 395 g/mol. The minimum atomic E-state index is -0.769. The Kier molecular flexibility index (Phi) is 6.08. The molecular formula is C20H21N5O4. The molecule has 1 aromatic heterocycles. The van der Waals surface area contributed by atoms with Crippen LogP contribution in [-0.2, 0) is 9.59 Å². The van der Waals surface area contributed by atoms with E-state index in [0.29, 0.717) is 17.2 Å². The molecule has 3 aromatic rings. The molecule has 1 heterocycles. The van der Waals surface area contributed by atoms with Crippen molar-refractivity contribution in [2.24, 2.45) is 0 Å². The zero-order chi connectivity index (χ0) is 20.8. The van der Waals surface area contributed by atoms with Gasteiger partial charge in [-0.15, -0.1) is 0 Å². The molecule has 3 rings (SSSR count). The number of rotatable bonds is 6. The third-order valence-electron chi connectivity index (χ3n) is 4.24. The average Bonchev–Trinajstić information content (AvgIpc) is 3.28. The van der Waals surface area contributed by atoms with Crippen molar-refractivity contribution >= 4 is 17.5 Å². The first-order valence-electron chi connectivity index (χ1n) is 8.82. The number of aromatic nitrogens is 3. The first-order chi connectivity index (χ1) is 14.0. The standard InChI is InChI=1S/C20H21N5O4/c1-13(17-9-8-16(28-2)12-18(17)29-3)23-19(26)20(27)24-14-4-6-15(7-5-14)25-21-10-11-22-25/h4-13H,1-3H3,(H,23,26)(H,24,27). The zero-order valence-electron chi connectivity index (χ0n) is 16.2. The number of hydrogen-bond donors (Lipinski definition) is 2. The normalized spacial score (nSPS) is 11.4. The van der Waals surface area contributed by atoms with E-state index in [1.807, 2.05) is 0 Å². The van der Waals surface area contributed by atoms with Gasteiger partial charge in [0.05, 0.1) is 38.3 Å². The molecule has 9 heteroatoms. The van der Waals surface area contributed by atoms with Gasteiger partial charge in [0.1, 0.15) is 11.5 Å². The van der Waals surface area contributed by atoms with Crippen molar-refractivity contribution in [1.82, 2.24) is 20.3 Å². The van der Waals surface area contributed by atoms with Crippen molar-refractivity contribution in [2.75, 3.05) is 19.5 Å². The zero-order valence-corrected chi connectivity index (χ0v) is 16.2. The predicted octanol–water partition coefficient (Wildman–Crippen LogP) is 2.10. The van der Waals surface area contributed by atoms with Crippen LogP contribution in [0.3, 0.4) is 0 Å². The molecule has 0 saturated heterocycles. The molecule has 2 N–H and O–H groups in total.